The van der Waals surface area contributed by atoms with Gasteiger partial charge in [0.15, 0.2) is 11.6 Å². The average Bonchev–Trinajstić information content (AvgIpc) is 2.62. The number of nitrogen functional groups attached to an aromatic ring is 1. The SMILES string of the molecule is Cn1cc(S(=O)(=O)Nc2ccncc2F)c(N)n1. The third kappa shape index (κ3) is 2.25. The van der Waals surface area contributed by atoms with Crippen LogP contribution in [0.4, 0.5) is 15.9 Å². The minimum absolute atomic E-state index is 0.153. The van der Waals surface area contributed by atoms with Gasteiger partial charge in [0.2, 0.25) is 0 Å². The average molecular weight is 271 g/mol. The molecule has 7 nitrogen and oxygen atoms in total. The van der Waals surface area contributed by atoms with Gasteiger partial charge in [0.1, 0.15) is 4.90 Å². The molecule has 0 aromatic carbocycles. The number of aryl methyl sites for hydroxylation is 1. The van der Waals surface area contributed by atoms with Crippen LogP contribution in [0.3, 0.4) is 0 Å². The summed E-state index contributed by atoms with van der Waals surface area (Å²) in [6.45, 7) is 0. The van der Waals surface area contributed by atoms with Gasteiger partial charge in [-0.25, -0.2) is 12.8 Å². The molecular formula is C9H10FN5O2S. The van der Waals surface area contributed by atoms with Crippen LogP contribution in [0.1, 0.15) is 0 Å². The highest BCUT2D eigenvalue weighted by Gasteiger charge is 2.21. The zero-order valence-corrected chi connectivity index (χ0v) is 10.1. The number of nitrogens with two attached hydrogens (primary N) is 1. The second kappa shape index (κ2) is 4.26. The highest BCUT2D eigenvalue weighted by molar-refractivity contribution is 7.92. The standard InChI is InChI=1S/C9H10FN5O2S/c1-15-5-8(9(11)13-15)18(16,17)14-7-2-3-12-4-6(7)10/h2-5H,1H3,(H2,11,13)(H,12,14). The summed E-state index contributed by atoms with van der Waals surface area (Å²) in [5.74, 6) is -0.928. The van der Waals surface area contributed by atoms with Gasteiger partial charge >= 0.3 is 0 Å². The number of nitrogens with one attached hydrogen (secondary N) is 1. The molecule has 0 aliphatic rings. The predicted octanol–water partition coefficient (Wildman–Crippen LogP) is 0.337. The van der Waals surface area contributed by atoms with Crippen LogP contribution in [0.15, 0.2) is 29.6 Å². The molecule has 3 N–H and O–H groups in total. The molecule has 0 saturated heterocycles. The van der Waals surface area contributed by atoms with Crippen molar-refractivity contribution in [1.29, 1.82) is 0 Å². The monoisotopic (exact) mass is 271 g/mol. The largest absolute Gasteiger partial charge is 0.381 e. The van der Waals surface area contributed by atoms with Gasteiger partial charge in [0, 0.05) is 19.4 Å². The van der Waals surface area contributed by atoms with Crippen molar-refractivity contribution in [1.82, 2.24) is 14.8 Å². The lowest BCUT2D eigenvalue weighted by molar-refractivity contribution is 0.598. The van der Waals surface area contributed by atoms with E-state index in [0.29, 0.717) is 0 Å². The number of rotatable bonds is 3. The molecule has 9 heteroatoms. The van der Waals surface area contributed by atoms with Crippen LogP contribution < -0.4 is 10.5 Å². The van der Waals surface area contributed by atoms with Crippen LogP contribution in [0.25, 0.3) is 0 Å². The van der Waals surface area contributed by atoms with E-state index in [1.54, 1.807) is 0 Å². The Bertz CT molecular complexity index is 682. The molecule has 0 saturated carbocycles. The Balaban J connectivity index is 2.40. The van der Waals surface area contributed by atoms with Crippen LogP contribution in [0.5, 0.6) is 0 Å². The van der Waals surface area contributed by atoms with Crippen LogP contribution in [0, 0.1) is 5.82 Å². The fourth-order valence-electron chi connectivity index (χ4n) is 1.35. The van der Waals surface area contributed by atoms with E-state index < -0.39 is 15.8 Å². The van der Waals surface area contributed by atoms with Gasteiger partial charge in [-0.1, -0.05) is 0 Å². The molecule has 0 spiro atoms. The van der Waals surface area contributed by atoms with Crippen molar-refractivity contribution in [3.05, 3.63) is 30.5 Å². The zero-order chi connectivity index (χ0) is 13.3. The van der Waals surface area contributed by atoms with Gasteiger partial charge in [-0.3, -0.25) is 14.4 Å². The first-order valence-corrected chi connectivity index (χ1v) is 6.30. The van der Waals surface area contributed by atoms with Crippen molar-refractivity contribution in [2.75, 3.05) is 10.5 Å². The number of hydrogen-bond donors (Lipinski definition) is 2. The lowest BCUT2D eigenvalue weighted by Gasteiger charge is -2.06. The van der Waals surface area contributed by atoms with E-state index in [1.165, 1.54) is 30.2 Å². The molecule has 18 heavy (non-hydrogen) atoms. The second-order valence-corrected chi connectivity index (χ2v) is 5.16. The summed E-state index contributed by atoms with van der Waals surface area (Å²) in [7, 11) is -2.44. The van der Waals surface area contributed by atoms with E-state index in [1.807, 2.05) is 0 Å². The van der Waals surface area contributed by atoms with Crippen molar-refractivity contribution < 1.29 is 12.8 Å². The van der Waals surface area contributed by atoms with E-state index in [2.05, 4.69) is 14.8 Å². The van der Waals surface area contributed by atoms with Crippen molar-refractivity contribution >= 4 is 21.5 Å². The zero-order valence-electron chi connectivity index (χ0n) is 9.33. The lowest BCUT2D eigenvalue weighted by Crippen LogP contribution is -2.15. The first-order chi connectivity index (χ1) is 8.40. The highest BCUT2D eigenvalue weighted by atomic mass is 32.2. The Hall–Kier alpha value is -2.16. The molecule has 0 amide bonds. The maximum Gasteiger partial charge on any atom is 0.267 e. The fraction of sp³-hybridized carbons (Fsp3) is 0.111. The van der Waals surface area contributed by atoms with E-state index in [0.717, 1.165) is 6.20 Å². The van der Waals surface area contributed by atoms with E-state index in [-0.39, 0.29) is 16.4 Å². The van der Waals surface area contributed by atoms with Gasteiger partial charge in [0.05, 0.1) is 11.9 Å². The van der Waals surface area contributed by atoms with E-state index in [4.69, 9.17) is 5.73 Å². The third-order valence-corrected chi connectivity index (χ3v) is 3.51. The summed E-state index contributed by atoms with van der Waals surface area (Å²) < 4.78 is 40.6. The van der Waals surface area contributed by atoms with Crippen molar-refractivity contribution in [3.8, 4) is 0 Å². The van der Waals surface area contributed by atoms with Gasteiger partial charge in [-0.05, 0) is 6.07 Å². The molecule has 0 aliphatic carbocycles. The molecular weight excluding hydrogens is 261 g/mol. The lowest BCUT2D eigenvalue weighted by atomic mass is 10.4. The van der Waals surface area contributed by atoms with Gasteiger partial charge < -0.3 is 5.73 Å². The maximum atomic E-state index is 13.3. The molecule has 2 aromatic heterocycles. The summed E-state index contributed by atoms with van der Waals surface area (Å²) in [6.07, 6.45) is 3.41. The van der Waals surface area contributed by atoms with Gasteiger partial charge in [0.25, 0.3) is 10.0 Å². The number of halogens is 1. The van der Waals surface area contributed by atoms with Crippen molar-refractivity contribution in [2.24, 2.45) is 7.05 Å². The van der Waals surface area contributed by atoms with Crippen LogP contribution in [-0.2, 0) is 17.1 Å². The molecule has 96 valence electrons. The molecule has 0 unspecified atom stereocenters. The Morgan fingerprint density at radius 1 is 1.50 bits per heavy atom. The molecule has 0 atom stereocenters. The molecule has 2 heterocycles. The Labute approximate surface area is 102 Å². The Morgan fingerprint density at radius 3 is 2.78 bits per heavy atom. The van der Waals surface area contributed by atoms with E-state index in [9.17, 15) is 12.8 Å². The first kappa shape index (κ1) is 12.3. The predicted molar refractivity (Wildman–Crippen MR) is 62.6 cm³/mol. The molecule has 0 bridgehead atoms. The number of hydrogen-bond acceptors (Lipinski definition) is 5. The summed E-state index contributed by atoms with van der Waals surface area (Å²) in [6, 6.07) is 1.21. The minimum atomic E-state index is -3.97. The first-order valence-electron chi connectivity index (χ1n) is 4.81. The normalized spacial score (nSPS) is 11.4. The smallest absolute Gasteiger partial charge is 0.267 e. The summed E-state index contributed by atoms with van der Waals surface area (Å²) in [5, 5.41) is 3.71. The summed E-state index contributed by atoms with van der Waals surface area (Å²) in [4.78, 5) is 3.31. The van der Waals surface area contributed by atoms with Crippen LogP contribution in [-0.4, -0.2) is 23.2 Å². The molecule has 0 fully saturated rings. The van der Waals surface area contributed by atoms with Gasteiger partial charge in [-0.15, -0.1) is 0 Å². The summed E-state index contributed by atoms with van der Waals surface area (Å²) >= 11 is 0. The highest BCUT2D eigenvalue weighted by Crippen LogP contribution is 2.21. The molecule has 2 aromatic rings. The van der Waals surface area contributed by atoms with Gasteiger partial charge in [-0.2, -0.15) is 5.10 Å². The second-order valence-electron chi connectivity index (χ2n) is 3.51. The third-order valence-electron chi connectivity index (χ3n) is 2.13. The van der Waals surface area contributed by atoms with Crippen LogP contribution in [0.2, 0.25) is 0 Å². The maximum absolute atomic E-state index is 13.3. The van der Waals surface area contributed by atoms with E-state index >= 15 is 0 Å². The number of nitrogens with zero attached hydrogens (tertiary/aromatic N) is 3. The topological polar surface area (TPSA) is 103 Å². The molecule has 0 radical (unpaired) electrons. The number of sulfonamides is 1. The molecule has 2 rings (SSSR count). The fourth-order valence-corrected chi connectivity index (χ4v) is 2.52. The van der Waals surface area contributed by atoms with Crippen LogP contribution >= 0.6 is 0 Å². The Morgan fingerprint density at radius 2 is 2.22 bits per heavy atom. The Kier molecular flexibility index (Phi) is 2.91. The quantitative estimate of drug-likeness (QED) is 0.837. The number of anilines is 2. The minimum Gasteiger partial charge on any atom is -0.381 e. The number of pyridine rings is 1. The molecule has 0 aliphatic heterocycles. The summed E-state index contributed by atoms with van der Waals surface area (Å²) in [5.41, 5.74) is 5.26. The van der Waals surface area contributed by atoms with Crippen molar-refractivity contribution in [3.63, 3.8) is 0 Å². The van der Waals surface area contributed by atoms with Crippen molar-refractivity contribution in [2.45, 2.75) is 4.90 Å². The number of aromatic nitrogens is 3.